The van der Waals surface area contributed by atoms with Crippen LogP contribution in [0.2, 0.25) is 0 Å². The number of benzene rings is 1. The van der Waals surface area contributed by atoms with E-state index in [-0.39, 0.29) is 18.8 Å². The minimum Gasteiger partial charge on any atom is -0.475 e. The first-order chi connectivity index (χ1) is 13.8. The lowest BCUT2D eigenvalue weighted by molar-refractivity contribution is -0.0561. The second-order valence-corrected chi connectivity index (χ2v) is 7.83. The Morgan fingerprint density at radius 2 is 2.07 bits per heavy atom. The largest absolute Gasteiger partial charge is 0.475 e. The number of ether oxygens (including phenoxy) is 3. The van der Waals surface area contributed by atoms with E-state index in [2.05, 4.69) is 4.98 Å². The summed E-state index contributed by atoms with van der Waals surface area (Å²) >= 11 is 0. The van der Waals surface area contributed by atoms with Crippen LogP contribution in [0, 0.1) is 0 Å². The molecule has 1 amide bonds. The van der Waals surface area contributed by atoms with Crippen LogP contribution in [0.1, 0.15) is 31.1 Å². The first-order valence-corrected chi connectivity index (χ1v) is 9.59. The highest BCUT2D eigenvalue weighted by molar-refractivity contribution is 5.78. The Labute approximate surface area is 170 Å². The summed E-state index contributed by atoms with van der Waals surface area (Å²) < 4.78 is 16.9. The molecule has 0 N–H and O–H groups in total. The molecule has 1 aromatic carbocycles. The maximum Gasteiger partial charge on any atom is 0.410 e. The van der Waals surface area contributed by atoms with E-state index in [4.69, 9.17) is 14.2 Å². The van der Waals surface area contributed by atoms with Gasteiger partial charge in [0, 0.05) is 23.7 Å². The summed E-state index contributed by atoms with van der Waals surface area (Å²) in [5, 5.41) is 0. The number of amides is 1. The maximum atomic E-state index is 12.3. The van der Waals surface area contributed by atoms with E-state index >= 15 is 0 Å². The number of aldehydes is 1. The lowest BCUT2D eigenvalue weighted by Gasteiger charge is -2.34. The maximum absolute atomic E-state index is 12.3. The molecule has 1 atom stereocenters. The van der Waals surface area contributed by atoms with Crippen LogP contribution in [0.3, 0.4) is 0 Å². The van der Waals surface area contributed by atoms with Gasteiger partial charge in [-0.05, 0) is 32.9 Å². The molecular weight excluding hydrogens is 372 g/mol. The van der Waals surface area contributed by atoms with E-state index in [1.54, 1.807) is 23.1 Å². The van der Waals surface area contributed by atoms with E-state index in [1.165, 1.54) is 0 Å². The minimum atomic E-state index is -0.535. The van der Waals surface area contributed by atoms with Crippen molar-refractivity contribution < 1.29 is 23.8 Å². The third-order valence-corrected chi connectivity index (χ3v) is 4.25. The van der Waals surface area contributed by atoms with Crippen molar-refractivity contribution in [2.75, 3.05) is 26.3 Å². The Morgan fingerprint density at radius 3 is 2.83 bits per heavy atom. The first-order valence-electron chi connectivity index (χ1n) is 9.59. The van der Waals surface area contributed by atoms with Gasteiger partial charge >= 0.3 is 6.09 Å². The van der Waals surface area contributed by atoms with Gasteiger partial charge in [-0.15, -0.1) is 0 Å². The van der Waals surface area contributed by atoms with Gasteiger partial charge in [0.1, 0.15) is 24.6 Å². The fourth-order valence-electron chi connectivity index (χ4n) is 2.92. The van der Waals surface area contributed by atoms with Gasteiger partial charge in [0.2, 0.25) is 5.88 Å². The Hall–Kier alpha value is -2.93. The number of morpholine rings is 1. The SMILES string of the molecule is CC(C)(C)OC(=O)N1CCOC(COc2cccc(-c3cccc(C=O)c3)n2)C1. The molecule has 0 radical (unpaired) electrons. The van der Waals surface area contributed by atoms with Crippen molar-refractivity contribution in [1.29, 1.82) is 0 Å². The van der Waals surface area contributed by atoms with Gasteiger partial charge < -0.3 is 19.1 Å². The lowest BCUT2D eigenvalue weighted by atomic mass is 10.1. The molecule has 1 aliphatic rings. The number of pyridine rings is 1. The van der Waals surface area contributed by atoms with Crippen LogP contribution in [0.25, 0.3) is 11.3 Å². The predicted octanol–water partition coefficient (Wildman–Crippen LogP) is 3.58. The molecule has 7 heteroatoms. The summed E-state index contributed by atoms with van der Waals surface area (Å²) in [5.74, 6) is 0.456. The minimum absolute atomic E-state index is 0.264. The number of hydrogen-bond acceptors (Lipinski definition) is 6. The van der Waals surface area contributed by atoms with Gasteiger partial charge in [-0.25, -0.2) is 9.78 Å². The molecule has 1 unspecified atom stereocenters. The van der Waals surface area contributed by atoms with Crippen molar-refractivity contribution in [2.24, 2.45) is 0 Å². The second kappa shape index (κ2) is 9.05. The fourth-order valence-corrected chi connectivity index (χ4v) is 2.92. The zero-order valence-electron chi connectivity index (χ0n) is 17.0. The molecule has 1 fully saturated rings. The molecule has 0 saturated carbocycles. The summed E-state index contributed by atoms with van der Waals surface area (Å²) in [6, 6.07) is 12.7. The van der Waals surface area contributed by atoms with Gasteiger partial charge in [0.05, 0.1) is 18.8 Å². The molecule has 0 bridgehead atoms. The summed E-state index contributed by atoms with van der Waals surface area (Å²) in [5.41, 5.74) is 1.61. The third-order valence-electron chi connectivity index (χ3n) is 4.25. The van der Waals surface area contributed by atoms with Crippen LogP contribution in [-0.2, 0) is 9.47 Å². The van der Waals surface area contributed by atoms with Crippen LogP contribution >= 0.6 is 0 Å². The van der Waals surface area contributed by atoms with E-state index in [0.717, 1.165) is 11.8 Å². The van der Waals surface area contributed by atoms with Crippen LogP contribution in [0.5, 0.6) is 5.88 Å². The van der Waals surface area contributed by atoms with Crippen LogP contribution < -0.4 is 4.74 Å². The Balaban J connectivity index is 1.60. The summed E-state index contributed by atoms with van der Waals surface area (Å²) in [4.78, 5) is 29.4. The molecule has 3 rings (SSSR count). The summed E-state index contributed by atoms with van der Waals surface area (Å²) in [7, 11) is 0. The second-order valence-electron chi connectivity index (χ2n) is 7.83. The number of carbonyl (C=O) groups is 2. The molecule has 154 valence electrons. The zero-order valence-corrected chi connectivity index (χ0v) is 17.0. The third kappa shape index (κ3) is 6.02. The topological polar surface area (TPSA) is 78.0 Å². The molecule has 29 heavy (non-hydrogen) atoms. The van der Waals surface area contributed by atoms with E-state index in [0.29, 0.717) is 36.8 Å². The van der Waals surface area contributed by atoms with Crippen molar-refractivity contribution in [2.45, 2.75) is 32.5 Å². The number of rotatable bonds is 5. The fraction of sp³-hybridized carbons (Fsp3) is 0.409. The summed E-state index contributed by atoms with van der Waals surface area (Å²) in [6.45, 7) is 7.12. The van der Waals surface area contributed by atoms with Gasteiger partial charge in [0.15, 0.2) is 0 Å². The highest BCUT2D eigenvalue weighted by atomic mass is 16.6. The Morgan fingerprint density at radius 1 is 1.28 bits per heavy atom. The molecule has 0 aliphatic carbocycles. The number of carbonyl (C=O) groups excluding carboxylic acids is 2. The number of hydrogen-bond donors (Lipinski definition) is 0. The molecular formula is C22H26N2O5. The van der Waals surface area contributed by atoms with Crippen LogP contribution in [0.4, 0.5) is 4.79 Å². The highest BCUT2D eigenvalue weighted by Crippen LogP contribution is 2.21. The van der Waals surface area contributed by atoms with Crippen molar-refractivity contribution in [3.8, 4) is 17.1 Å². The number of aromatic nitrogens is 1. The first kappa shape index (κ1) is 20.8. The summed E-state index contributed by atoms with van der Waals surface area (Å²) in [6.07, 6.45) is 0.196. The molecule has 1 saturated heterocycles. The van der Waals surface area contributed by atoms with E-state index in [9.17, 15) is 9.59 Å². The Bertz CT molecular complexity index is 862. The van der Waals surface area contributed by atoms with E-state index in [1.807, 2.05) is 45.0 Å². The van der Waals surface area contributed by atoms with Crippen molar-refractivity contribution in [3.63, 3.8) is 0 Å². The Kier molecular flexibility index (Phi) is 6.49. The van der Waals surface area contributed by atoms with Crippen LogP contribution in [-0.4, -0.2) is 60.3 Å². The van der Waals surface area contributed by atoms with Crippen molar-refractivity contribution in [1.82, 2.24) is 9.88 Å². The standard InChI is InChI=1S/C22H26N2O5/c1-22(2,3)29-21(26)24-10-11-27-18(13-24)15-28-20-9-5-8-19(23-20)17-7-4-6-16(12-17)14-25/h4-9,12,14,18H,10-11,13,15H2,1-3H3. The average Bonchev–Trinajstić information content (AvgIpc) is 2.71. The molecule has 1 aliphatic heterocycles. The van der Waals surface area contributed by atoms with Crippen LogP contribution in [0.15, 0.2) is 42.5 Å². The predicted molar refractivity (Wildman–Crippen MR) is 108 cm³/mol. The van der Waals surface area contributed by atoms with E-state index < -0.39 is 5.60 Å². The quantitative estimate of drug-likeness (QED) is 0.717. The normalized spacial score (nSPS) is 16.9. The molecule has 1 aromatic heterocycles. The lowest BCUT2D eigenvalue weighted by Crippen LogP contribution is -2.49. The molecule has 0 spiro atoms. The molecule has 2 aromatic rings. The average molecular weight is 398 g/mol. The number of nitrogens with zero attached hydrogens (tertiary/aromatic N) is 2. The van der Waals surface area contributed by atoms with Crippen molar-refractivity contribution >= 4 is 12.4 Å². The zero-order chi connectivity index (χ0) is 20.9. The van der Waals surface area contributed by atoms with Gasteiger partial charge in [-0.2, -0.15) is 0 Å². The van der Waals surface area contributed by atoms with Gasteiger partial charge in [0.25, 0.3) is 0 Å². The molecule has 2 heterocycles. The van der Waals surface area contributed by atoms with Gasteiger partial charge in [-0.3, -0.25) is 4.79 Å². The molecule has 7 nitrogen and oxygen atoms in total. The van der Waals surface area contributed by atoms with Gasteiger partial charge in [-0.1, -0.05) is 24.3 Å². The monoisotopic (exact) mass is 398 g/mol. The highest BCUT2D eigenvalue weighted by Gasteiger charge is 2.28. The smallest absolute Gasteiger partial charge is 0.410 e. The van der Waals surface area contributed by atoms with Crippen molar-refractivity contribution in [3.05, 3.63) is 48.0 Å².